The van der Waals surface area contributed by atoms with Crippen LogP contribution in [0.15, 0.2) is 36.5 Å². The van der Waals surface area contributed by atoms with Gasteiger partial charge in [0.1, 0.15) is 5.82 Å². The number of aromatic amines is 1. The molecule has 3 N–H and O–H groups in total. The fourth-order valence-electron chi connectivity index (χ4n) is 2.19. The van der Waals surface area contributed by atoms with Gasteiger partial charge in [0.05, 0.1) is 12.1 Å². The zero-order valence-corrected chi connectivity index (χ0v) is 9.81. The van der Waals surface area contributed by atoms with Crippen molar-refractivity contribution in [2.75, 3.05) is 17.2 Å². The van der Waals surface area contributed by atoms with Gasteiger partial charge in [-0.1, -0.05) is 18.2 Å². The number of hydrogen-bond donors (Lipinski definition) is 3. The summed E-state index contributed by atoms with van der Waals surface area (Å²) in [5, 5.41) is 12.6. The predicted octanol–water partition coefficient (Wildman–Crippen LogP) is 1.63. The highest BCUT2D eigenvalue weighted by Crippen LogP contribution is 2.24. The Kier molecular flexibility index (Phi) is 2.72. The number of carbonyl (C=O) groups is 1. The number of H-pyrrole nitrogens is 1. The fourth-order valence-corrected chi connectivity index (χ4v) is 2.19. The van der Waals surface area contributed by atoms with E-state index in [2.05, 4.69) is 26.9 Å². The molecule has 1 unspecified atom stereocenters. The van der Waals surface area contributed by atoms with E-state index in [1.807, 2.05) is 18.2 Å². The van der Waals surface area contributed by atoms with Crippen molar-refractivity contribution in [1.82, 2.24) is 10.2 Å². The van der Waals surface area contributed by atoms with Crippen LogP contribution in [0.3, 0.4) is 0 Å². The SMILES string of the molecule is O=C(Nc1ccn[nH]1)C1CNc2ccccc2C1. The van der Waals surface area contributed by atoms with E-state index >= 15 is 0 Å². The average molecular weight is 242 g/mol. The first-order chi connectivity index (χ1) is 8.83. The summed E-state index contributed by atoms with van der Waals surface area (Å²) < 4.78 is 0. The lowest BCUT2D eigenvalue weighted by atomic mass is 9.93. The van der Waals surface area contributed by atoms with Gasteiger partial charge in [-0.3, -0.25) is 9.89 Å². The molecule has 1 atom stereocenters. The van der Waals surface area contributed by atoms with Crippen molar-refractivity contribution in [3.63, 3.8) is 0 Å². The van der Waals surface area contributed by atoms with Crippen LogP contribution in [0.4, 0.5) is 11.5 Å². The van der Waals surface area contributed by atoms with Crippen LogP contribution in [-0.4, -0.2) is 22.6 Å². The number of nitrogens with one attached hydrogen (secondary N) is 3. The van der Waals surface area contributed by atoms with E-state index in [1.165, 1.54) is 5.56 Å². The first kappa shape index (κ1) is 10.8. The Hall–Kier alpha value is -2.30. The van der Waals surface area contributed by atoms with Crippen molar-refractivity contribution in [3.8, 4) is 0 Å². The van der Waals surface area contributed by atoms with Gasteiger partial charge in [0.2, 0.25) is 5.91 Å². The number of fused-ring (bicyclic) bond motifs is 1. The van der Waals surface area contributed by atoms with Crippen molar-refractivity contribution < 1.29 is 4.79 Å². The van der Waals surface area contributed by atoms with Gasteiger partial charge in [0.25, 0.3) is 0 Å². The molecule has 1 aliphatic heterocycles. The summed E-state index contributed by atoms with van der Waals surface area (Å²) in [5.41, 5.74) is 2.32. The third-order valence-electron chi connectivity index (χ3n) is 3.15. The largest absolute Gasteiger partial charge is 0.384 e. The van der Waals surface area contributed by atoms with Crippen LogP contribution in [0.1, 0.15) is 5.56 Å². The molecule has 0 bridgehead atoms. The number of hydrogen-bond acceptors (Lipinski definition) is 3. The molecule has 0 saturated carbocycles. The molecule has 1 aromatic heterocycles. The van der Waals surface area contributed by atoms with Gasteiger partial charge in [-0.05, 0) is 18.1 Å². The molecule has 2 heterocycles. The van der Waals surface area contributed by atoms with Crippen LogP contribution in [-0.2, 0) is 11.2 Å². The molecule has 1 aromatic carbocycles. The molecule has 0 spiro atoms. The van der Waals surface area contributed by atoms with Crippen LogP contribution >= 0.6 is 0 Å². The van der Waals surface area contributed by atoms with Crippen LogP contribution in [0.5, 0.6) is 0 Å². The number of para-hydroxylation sites is 1. The molecule has 5 nitrogen and oxygen atoms in total. The van der Waals surface area contributed by atoms with E-state index in [0.717, 1.165) is 12.1 Å². The van der Waals surface area contributed by atoms with Crippen LogP contribution in [0.2, 0.25) is 0 Å². The molecule has 1 amide bonds. The lowest BCUT2D eigenvalue weighted by Crippen LogP contribution is -2.33. The summed E-state index contributed by atoms with van der Waals surface area (Å²) in [6.45, 7) is 0.664. The minimum atomic E-state index is -0.0526. The smallest absolute Gasteiger partial charge is 0.230 e. The molecule has 5 heteroatoms. The summed E-state index contributed by atoms with van der Waals surface area (Å²) in [5.74, 6) is 0.600. The first-order valence-electron chi connectivity index (χ1n) is 5.95. The molecule has 0 saturated heterocycles. The van der Waals surface area contributed by atoms with Crippen molar-refractivity contribution >= 4 is 17.4 Å². The zero-order valence-electron chi connectivity index (χ0n) is 9.81. The van der Waals surface area contributed by atoms with Crippen LogP contribution in [0.25, 0.3) is 0 Å². The molecule has 0 radical (unpaired) electrons. The fraction of sp³-hybridized carbons (Fsp3) is 0.231. The van der Waals surface area contributed by atoms with Crippen LogP contribution < -0.4 is 10.6 Å². The van der Waals surface area contributed by atoms with Crippen molar-refractivity contribution in [2.24, 2.45) is 5.92 Å². The summed E-state index contributed by atoms with van der Waals surface area (Å²) >= 11 is 0. The minimum absolute atomic E-state index is 0.0150. The van der Waals surface area contributed by atoms with Gasteiger partial charge < -0.3 is 10.6 Å². The summed E-state index contributed by atoms with van der Waals surface area (Å²) in [7, 11) is 0. The van der Waals surface area contributed by atoms with Gasteiger partial charge >= 0.3 is 0 Å². The Labute approximate surface area is 105 Å². The molecule has 0 aliphatic carbocycles. The number of nitrogens with zero attached hydrogens (tertiary/aromatic N) is 1. The molecule has 3 rings (SSSR count). The Balaban J connectivity index is 1.70. The third kappa shape index (κ3) is 2.07. The number of amides is 1. The van der Waals surface area contributed by atoms with E-state index < -0.39 is 0 Å². The lowest BCUT2D eigenvalue weighted by molar-refractivity contribution is -0.119. The highest BCUT2D eigenvalue weighted by atomic mass is 16.2. The second-order valence-electron chi connectivity index (χ2n) is 4.40. The van der Waals surface area contributed by atoms with E-state index in [4.69, 9.17) is 0 Å². The van der Waals surface area contributed by atoms with Gasteiger partial charge in [-0.25, -0.2) is 0 Å². The highest BCUT2D eigenvalue weighted by molar-refractivity contribution is 5.92. The van der Waals surface area contributed by atoms with E-state index in [0.29, 0.717) is 12.4 Å². The van der Waals surface area contributed by atoms with Gasteiger partial charge in [-0.15, -0.1) is 0 Å². The summed E-state index contributed by atoms with van der Waals surface area (Å²) in [6, 6.07) is 9.82. The predicted molar refractivity (Wildman–Crippen MR) is 69.3 cm³/mol. The van der Waals surface area contributed by atoms with Crippen molar-refractivity contribution in [3.05, 3.63) is 42.1 Å². The number of rotatable bonds is 2. The number of carbonyl (C=O) groups excluding carboxylic acids is 1. The standard InChI is InChI=1S/C13H14N4O/c18-13(16-12-5-6-15-17-12)10-7-9-3-1-2-4-11(9)14-8-10/h1-6,10,14H,7-8H2,(H2,15,16,17,18). The number of anilines is 2. The van der Waals surface area contributed by atoms with E-state index in [-0.39, 0.29) is 11.8 Å². The first-order valence-corrected chi connectivity index (χ1v) is 5.95. The Bertz CT molecular complexity index is 550. The average Bonchev–Trinajstić information content (AvgIpc) is 2.91. The van der Waals surface area contributed by atoms with Gasteiger partial charge in [-0.2, -0.15) is 5.10 Å². The van der Waals surface area contributed by atoms with Crippen LogP contribution in [0, 0.1) is 5.92 Å². The zero-order chi connectivity index (χ0) is 12.4. The molecular weight excluding hydrogens is 228 g/mol. The maximum absolute atomic E-state index is 12.1. The van der Waals surface area contributed by atoms with Gasteiger partial charge in [0, 0.05) is 18.3 Å². The topological polar surface area (TPSA) is 69.8 Å². The Morgan fingerprint density at radius 3 is 3.06 bits per heavy atom. The number of aromatic nitrogens is 2. The summed E-state index contributed by atoms with van der Waals surface area (Å²) in [4.78, 5) is 12.1. The molecule has 92 valence electrons. The second-order valence-corrected chi connectivity index (χ2v) is 4.40. The van der Waals surface area contributed by atoms with E-state index in [1.54, 1.807) is 12.3 Å². The maximum atomic E-state index is 12.1. The Morgan fingerprint density at radius 2 is 2.22 bits per heavy atom. The lowest BCUT2D eigenvalue weighted by Gasteiger charge is -2.25. The molecule has 1 aliphatic rings. The maximum Gasteiger partial charge on any atom is 0.230 e. The quantitative estimate of drug-likeness (QED) is 0.749. The third-order valence-corrected chi connectivity index (χ3v) is 3.15. The summed E-state index contributed by atoms with van der Waals surface area (Å²) in [6.07, 6.45) is 2.38. The van der Waals surface area contributed by atoms with Crippen molar-refractivity contribution in [2.45, 2.75) is 6.42 Å². The molecular formula is C13H14N4O. The normalized spacial score (nSPS) is 17.7. The van der Waals surface area contributed by atoms with Crippen molar-refractivity contribution in [1.29, 1.82) is 0 Å². The van der Waals surface area contributed by atoms with Gasteiger partial charge in [0.15, 0.2) is 0 Å². The van der Waals surface area contributed by atoms with E-state index in [9.17, 15) is 4.79 Å². The second kappa shape index (κ2) is 4.52. The monoisotopic (exact) mass is 242 g/mol. The molecule has 0 fully saturated rings. The highest BCUT2D eigenvalue weighted by Gasteiger charge is 2.24. The number of benzene rings is 1. The molecule has 2 aromatic rings. The minimum Gasteiger partial charge on any atom is -0.384 e. The Morgan fingerprint density at radius 1 is 1.33 bits per heavy atom. The molecule has 18 heavy (non-hydrogen) atoms.